The van der Waals surface area contributed by atoms with Crippen molar-refractivity contribution in [2.75, 3.05) is 5.32 Å². The fourth-order valence-electron chi connectivity index (χ4n) is 2.51. The molecule has 1 amide bonds. The van der Waals surface area contributed by atoms with Crippen molar-refractivity contribution in [3.8, 4) is 17.0 Å². The summed E-state index contributed by atoms with van der Waals surface area (Å²) in [6.07, 6.45) is 0. The zero-order chi connectivity index (χ0) is 19.6. The molecule has 1 N–H and O–H groups in total. The molecule has 0 atom stereocenters. The van der Waals surface area contributed by atoms with Gasteiger partial charge < -0.3 is 10.1 Å². The number of amides is 1. The number of esters is 1. The van der Waals surface area contributed by atoms with Gasteiger partial charge in [-0.1, -0.05) is 18.7 Å². The number of fused-ring (bicyclic) bond motifs is 1. The predicted octanol–water partition coefficient (Wildman–Crippen LogP) is 4.48. The molecule has 1 heterocycles. The van der Waals surface area contributed by atoms with Gasteiger partial charge >= 0.3 is 5.97 Å². The minimum atomic E-state index is -0.598. The van der Waals surface area contributed by atoms with Crippen molar-refractivity contribution < 1.29 is 18.7 Å². The fraction of sp³-hybridized carbons (Fsp3) is 0.0952. The molecule has 0 saturated carbocycles. The number of halogens is 1. The van der Waals surface area contributed by atoms with Gasteiger partial charge in [0, 0.05) is 35.2 Å². The van der Waals surface area contributed by atoms with Crippen molar-refractivity contribution >= 4 is 28.5 Å². The number of carbonyl (C=O) groups excluding carboxylic acids is 2. The number of carbonyl (C=O) groups is 2. The van der Waals surface area contributed by atoms with Gasteiger partial charge in [0.1, 0.15) is 11.6 Å². The van der Waals surface area contributed by atoms with E-state index >= 15 is 0 Å². The van der Waals surface area contributed by atoms with E-state index in [2.05, 4.69) is 16.9 Å². The first kappa shape index (κ1) is 18.3. The lowest BCUT2D eigenvalue weighted by Crippen LogP contribution is -2.09. The van der Waals surface area contributed by atoms with Crippen LogP contribution in [0.25, 0.3) is 22.2 Å². The summed E-state index contributed by atoms with van der Waals surface area (Å²) < 4.78 is 19.0. The molecule has 0 fully saturated rings. The number of aromatic nitrogens is 1. The van der Waals surface area contributed by atoms with Crippen LogP contribution in [0.4, 0.5) is 10.1 Å². The molecule has 0 unspecified atom stereocenters. The Morgan fingerprint density at radius 1 is 1.07 bits per heavy atom. The van der Waals surface area contributed by atoms with Gasteiger partial charge in [-0.25, -0.2) is 14.2 Å². The van der Waals surface area contributed by atoms with Crippen molar-refractivity contribution in [2.24, 2.45) is 0 Å². The molecule has 0 spiro atoms. The van der Waals surface area contributed by atoms with Gasteiger partial charge in [0.05, 0.1) is 11.2 Å². The number of hydrogen-bond acceptors (Lipinski definition) is 4. The van der Waals surface area contributed by atoms with Crippen LogP contribution in [0, 0.1) is 5.82 Å². The van der Waals surface area contributed by atoms with E-state index in [-0.39, 0.29) is 17.2 Å². The van der Waals surface area contributed by atoms with E-state index in [1.54, 1.807) is 30.3 Å². The third-order valence-electron chi connectivity index (χ3n) is 3.78. The van der Waals surface area contributed by atoms with E-state index < -0.39 is 11.8 Å². The molecule has 6 heteroatoms. The first-order valence-corrected chi connectivity index (χ1v) is 8.19. The van der Waals surface area contributed by atoms with Gasteiger partial charge in [-0.2, -0.15) is 0 Å². The van der Waals surface area contributed by atoms with E-state index in [1.165, 1.54) is 32.0 Å². The van der Waals surface area contributed by atoms with Crippen LogP contribution in [0.5, 0.6) is 5.75 Å². The zero-order valence-corrected chi connectivity index (χ0v) is 14.9. The van der Waals surface area contributed by atoms with Crippen molar-refractivity contribution in [1.29, 1.82) is 0 Å². The topological polar surface area (TPSA) is 68.3 Å². The Labute approximate surface area is 155 Å². The number of anilines is 1. The third-order valence-corrected chi connectivity index (χ3v) is 3.78. The Kier molecular flexibility index (Phi) is 4.98. The summed E-state index contributed by atoms with van der Waals surface area (Å²) in [6, 6.07) is 12.7. The smallest absolute Gasteiger partial charge is 0.338 e. The Balaban J connectivity index is 2.08. The summed E-state index contributed by atoms with van der Waals surface area (Å²) in [7, 11) is 0. The monoisotopic (exact) mass is 364 g/mol. The van der Waals surface area contributed by atoms with E-state index in [0.29, 0.717) is 22.3 Å². The molecule has 0 radical (unpaired) electrons. The SMILES string of the molecule is C=C(C)C(=O)Oc1cc(-c2ccc(NC(C)=O)cc2)nc2ccc(F)cc12. The molecule has 136 valence electrons. The molecule has 0 bridgehead atoms. The van der Waals surface area contributed by atoms with E-state index in [9.17, 15) is 14.0 Å². The number of pyridine rings is 1. The quantitative estimate of drug-likeness (QED) is 0.547. The van der Waals surface area contributed by atoms with Gasteiger partial charge in [-0.05, 0) is 37.3 Å². The van der Waals surface area contributed by atoms with Gasteiger partial charge in [0.15, 0.2) is 0 Å². The average molecular weight is 364 g/mol. The molecule has 0 aliphatic carbocycles. The van der Waals surface area contributed by atoms with Crippen LogP contribution in [-0.2, 0) is 9.59 Å². The lowest BCUT2D eigenvalue weighted by Gasteiger charge is -2.11. The highest BCUT2D eigenvalue weighted by Crippen LogP contribution is 2.31. The van der Waals surface area contributed by atoms with Crippen molar-refractivity contribution in [1.82, 2.24) is 4.98 Å². The average Bonchev–Trinajstić information content (AvgIpc) is 2.62. The molecular formula is C21H17FN2O3. The molecule has 5 nitrogen and oxygen atoms in total. The van der Waals surface area contributed by atoms with Gasteiger partial charge in [0.25, 0.3) is 0 Å². The second kappa shape index (κ2) is 7.37. The maximum Gasteiger partial charge on any atom is 0.338 e. The number of rotatable bonds is 4. The van der Waals surface area contributed by atoms with E-state index in [0.717, 1.165) is 5.56 Å². The van der Waals surface area contributed by atoms with Crippen LogP contribution in [0.3, 0.4) is 0 Å². The van der Waals surface area contributed by atoms with Crippen LogP contribution in [-0.4, -0.2) is 16.9 Å². The molecule has 3 aromatic rings. The summed E-state index contributed by atoms with van der Waals surface area (Å²) in [4.78, 5) is 27.6. The van der Waals surface area contributed by atoms with Gasteiger partial charge in [-0.3, -0.25) is 4.79 Å². The maximum atomic E-state index is 13.7. The van der Waals surface area contributed by atoms with Gasteiger partial charge in [-0.15, -0.1) is 0 Å². The number of nitrogens with zero attached hydrogens (tertiary/aromatic N) is 1. The fourth-order valence-corrected chi connectivity index (χ4v) is 2.51. The van der Waals surface area contributed by atoms with E-state index in [1.807, 2.05) is 0 Å². The second-order valence-electron chi connectivity index (χ2n) is 6.10. The summed E-state index contributed by atoms with van der Waals surface area (Å²) in [6.45, 7) is 6.53. The lowest BCUT2D eigenvalue weighted by atomic mass is 10.1. The zero-order valence-electron chi connectivity index (χ0n) is 14.9. The van der Waals surface area contributed by atoms with Crippen molar-refractivity contribution in [3.05, 3.63) is 66.5 Å². The molecule has 3 rings (SSSR count). The van der Waals surface area contributed by atoms with Crippen molar-refractivity contribution in [2.45, 2.75) is 13.8 Å². The maximum absolute atomic E-state index is 13.7. The predicted molar refractivity (Wildman–Crippen MR) is 102 cm³/mol. The summed E-state index contributed by atoms with van der Waals surface area (Å²) in [5, 5.41) is 3.08. The highest BCUT2D eigenvalue weighted by Gasteiger charge is 2.14. The minimum Gasteiger partial charge on any atom is -0.422 e. The summed E-state index contributed by atoms with van der Waals surface area (Å²) >= 11 is 0. The van der Waals surface area contributed by atoms with Crippen LogP contribution >= 0.6 is 0 Å². The first-order chi connectivity index (χ1) is 12.8. The highest BCUT2D eigenvalue weighted by molar-refractivity contribution is 5.94. The molecular weight excluding hydrogens is 347 g/mol. The first-order valence-electron chi connectivity index (χ1n) is 8.19. The highest BCUT2D eigenvalue weighted by atomic mass is 19.1. The Bertz CT molecular complexity index is 1060. The number of benzene rings is 2. The summed E-state index contributed by atoms with van der Waals surface area (Å²) in [5.41, 5.74) is 2.68. The Hall–Kier alpha value is -3.54. The molecule has 0 aliphatic rings. The number of nitrogens with one attached hydrogen (secondary N) is 1. The lowest BCUT2D eigenvalue weighted by molar-refractivity contribution is -0.130. The standard InChI is InChI=1S/C21H17FN2O3/c1-12(2)21(26)27-20-11-19(24-18-9-6-15(22)10-17(18)20)14-4-7-16(8-5-14)23-13(3)25/h4-11H,1H2,2-3H3,(H,23,25). The molecule has 2 aromatic carbocycles. The van der Waals surface area contributed by atoms with Crippen LogP contribution in [0.15, 0.2) is 60.7 Å². The normalized spacial score (nSPS) is 10.5. The molecule has 0 aliphatic heterocycles. The molecule has 27 heavy (non-hydrogen) atoms. The third kappa shape index (κ3) is 4.17. The Morgan fingerprint density at radius 2 is 1.78 bits per heavy atom. The molecule has 1 aromatic heterocycles. The van der Waals surface area contributed by atoms with Crippen LogP contribution in [0.2, 0.25) is 0 Å². The van der Waals surface area contributed by atoms with Crippen molar-refractivity contribution in [3.63, 3.8) is 0 Å². The Morgan fingerprint density at radius 3 is 2.41 bits per heavy atom. The van der Waals surface area contributed by atoms with Crippen LogP contribution < -0.4 is 10.1 Å². The minimum absolute atomic E-state index is 0.164. The van der Waals surface area contributed by atoms with Crippen LogP contribution in [0.1, 0.15) is 13.8 Å². The largest absolute Gasteiger partial charge is 0.422 e. The number of ether oxygens (including phenoxy) is 1. The summed E-state index contributed by atoms with van der Waals surface area (Å²) in [5.74, 6) is -1.01. The van der Waals surface area contributed by atoms with Gasteiger partial charge in [0.2, 0.25) is 5.91 Å². The molecule has 0 saturated heterocycles. The number of hydrogen-bond donors (Lipinski definition) is 1. The second-order valence-corrected chi connectivity index (χ2v) is 6.10. The van der Waals surface area contributed by atoms with E-state index in [4.69, 9.17) is 4.74 Å².